The van der Waals surface area contributed by atoms with Gasteiger partial charge in [0, 0.05) is 41.0 Å². The lowest BCUT2D eigenvalue weighted by atomic mass is 10.6. The van der Waals surface area contributed by atoms with E-state index in [9.17, 15) is 4.57 Å². The zero-order valence-electron chi connectivity index (χ0n) is 8.52. The summed E-state index contributed by atoms with van der Waals surface area (Å²) >= 11 is 0. The molecule has 76 valence electrons. The SMILES string of the molecule is COP(C)(=O)N=C1N(C)CCN1C. The van der Waals surface area contributed by atoms with Gasteiger partial charge in [-0.1, -0.05) is 0 Å². The Labute approximate surface area is 78.9 Å². The van der Waals surface area contributed by atoms with Crippen molar-refractivity contribution in [1.82, 2.24) is 9.80 Å². The van der Waals surface area contributed by atoms with Crippen LogP contribution in [0.4, 0.5) is 0 Å². The fraction of sp³-hybridized carbons (Fsp3) is 0.857. The van der Waals surface area contributed by atoms with Crippen LogP contribution in [0.3, 0.4) is 0 Å². The van der Waals surface area contributed by atoms with Gasteiger partial charge in [-0.15, -0.1) is 0 Å². The maximum absolute atomic E-state index is 11.6. The molecule has 6 heteroatoms. The molecule has 1 rings (SSSR count). The molecule has 0 aromatic heterocycles. The lowest BCUT2D eigenvalue weighted by Gasteiger charge is -2.17. The van der Waals surface area contributed by atoms with Gasteiger partial charge in [-0.25, -0.2) is 0 Å². The first-order valence-electron chi connectivity index (χ1n) is 4.12. The first kappa shape index (κ1) is 10.5. The Morgan fingerprint density at radius 2 is 1.85 bits per heavy atom. The van der Waals surface area contributed by atoms with E-state index in [0.717, 1.165) is 19.0 Å². The van der Waals surface area contributed by atoms with Gasteiger partial charge in [0.05, 0.1) is 0 Å². The van der Waals surface area contributed by atoms with Gasteiger partial charge < -0.3 is 14.3 Å². The molecule has 1 heterocycles. The normalized spacial score (nSPS) is 22.0. The minimum absolute atomic E-state index is 0.743. The first-order chi connectivity index (χ1) is 5.96. The monoisotopic (exact) mass is 205 g/mol. The van der Waals surface area contributed by atoms with Gasteiger partial charge in [0.1, 0.15) is 0 Å². The summed E-state index contributed by atoms with van der Waals surface area (Å²) in [6, 6.07) is 0. The molecule has 5 nitrogen and oxygen atoms in total. The van der Waals surface area contributed by atoms with Crippen LogP contribution in [0, 0.1) is 0 Å². The summed E-state index contributed by atoms with van der Waals surface area (Å²) in [5.41, 5.74) is 0. The van der Waals surface area contributed by atoms with Crippen LogP contribution in [0.5, 0.6) is 0 Å². The Morgan fingerprint density at radius 3 is 2.23 bits per heavy atom. The summed E-state index contributed by atoms with van der Waals surface area (Å²) < 4.78 is 20.5. The molecule has 1 fully saturated rings. The number of rotatable bonds is 2. The Kier molecular flexibility index (Phi) is 2.98. The minimum atomic E-state index is -2.79. The Bertz CT molecular complexity index is 254. The molecule has 1 unspecified atom stereocenters. The molecule has 0 aromatic carbocycles. The molecule has 0 saturated carbocycles. The fourth-order valence-electron chi connectivity index (χ4n) is 1.15. The van der Waals surface area contributed by atoms with Gasteiger partial charge in [0.2, 0.25) is 5.96 Å². The Balaban J connectivity index is 2.86. The highest BCUT2D eigenvalue weighted by molar-refractivity contribution is 7.56. The third kappa shape index (κ3) is 2.45. The molecule has 1 aliphatic heterocycles. The van der Waals surface area contributed by atoms with Crippen LogP contribution >= 0.6 is 7.52 Å². The van der Waals surface area contributed by atoms with E-state index in [0.29, 0.717) is 0 Å². The van der Waals surface area contributed by atoms with Crippen molar-refractivity contribution in [2.24, 2.45) is 4.76 Å². The summed E-state index contributed by atoms with van der Waals surface area (Å²) in [7, 11) is 2.48. The van der Waals surface area contributed by atoms with Crippen molar-refractivity contribution in [2.75, 3.05) is 41.0 Å². The van der Waals surface area contributed by atoms with Crippen LogP contribution in [0.25, 0.3) is 0 Å². The molecule has 13 heavy (non-hydrogen) atoms. The molecule has 0 aromatic rings. The Hall–Kier alpha value is -0.540. The summed E-state index contributed by atoms with van der Waals surface area (Å²) in [6.07, 6.45) is 0. The first-order valence-corrected chi connectivity index (χ1v) is 6.14. The molecule has 0 amide bonds. The standard InChI is InChI=1S/C7H16N3O2P/c1-9-5-6-10(2)7(9)8-13(4,11)12-3/h5-6H2,1-4H3. The highest BCUT2D eigenvalue weighted by Crippen LogP contribution is 2.43. The number of hydrogen-bond acceptors (Lipinski definition) is 2. The second-order valence-corrected chi connectivity index (χ2v) is 5.40. The number of nitrogens with zero attached hydrogens (tertiary/aromatic N) is 3. The van der Waals surface area contributed by atoms with Crippen molar-refractivity contribution < 1.29 is 9.09 Å². The molecule has 0 spiro atoms. The lowest BCUT2D eigenvalue weighted by Crippen LogP contribution is -2.28. The predicted molar refractivity (Wildman–Crippen MR) is 53.2 cm³/mol. The van der Waals surface area contributed by atoms with E-state index in [2.05, 4.69) is 4.76 Å². The van der Waals surface area contributed by atoms with E-state index >= 15 is 0 Å². The van der Waals surface area contributed by atoms with Crippen LogP contribution in [0.2, 0.25) is 0 Å². The van der Waals surface area contributed by atoms with Crippen LogP contribution in [-0.2, 0) is 9.09 Å². The molecule has 0 bridgehead atoms. The van der Waals surface area contributed by atoms with Gasteiger partial charge in [-0.05, 0) is 0 Å². The summed E-state index contributed by atoms with van der Waals surface area (Å²) in [5, 5.41) is 0. The Morgan fingerprint density at radius 1 is 1.38 bits per heavy atom. The summed E-state index contributed by atoms with van der Waals surface area (Å²) in [5.74, 6) is 0.743. The third-order valence-corrected chi connectivity index (χ3v) is 3.28. The van der Waals surface area contributed by atoms with Gasteiger partial charge in [0.25, 0.3) is 0 Å². The highest BCUT2D eigenvalue weighted by atomic mass is 31.2. The highest BCUT2D eigenvalue weighted by Gasteiger charge is 2.23. The number of likely N-dealkylation sites (N-methyl/N-ethyl adjacent to an activating group) is 2. The zero-order valence-corrected chi connectivity index (χ0v) is 9.41. The van der Waals surface area contributed by atoms with Gasteiger partial charge in [-0.2, -0.15) is 4.76 Å². The van der Waals surface area contributed by atoms with Crippen molar-refractivity contribution in [3.05, 3.63) is 0 Å². The van der Waals surface area contributed by atoms with Crippen LogP contribution in [0.15, 0.2) is 4.76 Å². The number of guanidine groups is 1. The minimum Gasteiger partial charge on any atom is -0.344 e. The second kappa shape index (κ2) is 3.68. The summed E-state index contributed by atoms with van der Waals surface area (Å²) in [6.45, 7) is 3.35. The maximum atomic E-state index is 11.6. The van der Waals surface area contributed by atoms with Gasteiger partial charge >= 0.3 is 7.52 Å². The molecule has 0 radical (unpaired) electrons. The average molecular weight is 205 g/mol. The van der Waals surface area contributed by atoms with Crippen LogP contribution in [-0.4, -0.2) is 56.7 Å². The quantitative estimate of drug-likeness (QED) is 0.622. The topological polar surface area (TPSA) is 45.1 Å². The van der Waals surface area contributed by atoms with Gasteiger partial charge in [-0.3, -0.25) is 4.57 Å². The largest absolute Gasteiger partial charge is 0.344 e. The van der Waals surface area contributed by atoms with Crippen molar-refractivity contribution in [3.63, 3.8) is 0 Å². The maximum Gasteiger partial charge on any atom is 0.314 e. The second-order valence-electron chi connectivity index (χ2n) is 3.23. The molecular weight excluding hydrogens is 189 g/mol. The van der Waals surface area contributed by atoms with E-state index in [1.165, 1.54) is 13.8 Å². The molecule has 0 aliphatic carbocycles. The van der Waals surface area contributed by atoms with E-state index < -0.39 is 7.52 Å². The van der Waals surface area contributed by atoms with E-state index in [1.807, 2.05) is 23.9 Å². The molecular formula is C7H16N3O2P. The zero-order chi connectivity index (χ0) is 10.1. The molecule has 1 aliphatic rings. The molecule has 1 atom stereocenters. The number of hydrogen-bond donors (Lipinski definition) is 0. The van der Waals surface area contributed by atoms with Crippen LogP contribution < -0.4 is 0 Å². The summed E-state index contributed by atoms with van der Waals surface area (Å²) in [4.78, 5) is 3.93. The van der Waals surface area contributed by atoms with E-state index in [1.54, 1.807) is 0 Å². The van der Waals surface area contributed by atoms with Gasteiger partial charge in [0.15, 0.2) is 0 Å². The van der Waals surface area contributed by atoms with Crippen molar-refractivity contribution >= 4 is 13.5 Å². The third-order valence-electron chi connectivity index (χ3n) is 2.06. The van der Waals surface area contributed by atoms with Crippen molar-refractivity contribution in [3.8, 4) is 0 Å². The average Bonchev–Trinajstić information content (AvgIpc) is 2.36. The van der Waals surface area contributed by atoms with E-state index in [4.69, 9.17) is 4.52 Å². The lowest BCUT2D eigenvalue weighted by molar-refractivity contribution is 0.398. The van der Waals surface area contributed by atoms with Crippen molar-refractivity contribution in [1.29, 1.82) is 0 Å². The fourth-order valence-corrected chi connectivity index (χ4v) is 1.86. The van der Waals surface area contributed by atoms with Crippen LogP contribution in [0.1, 0.15) is 0 Å². The van der Waals surface area contributed by atoms with E-state index in [-0.39, 0.29) is 0 Å². The molecule has 0 N–H and O–H groups in total. The smallest absolute Gasteiger partial charge is 0.314 e. The van der Waals surface area contributed by atoms with Crippen molar-refractivity contribution in [2.45, 2.75) is 0 Å². The predicted octanol–water partition coefficient (Wildman–Crippen LogP) is 0.689. The molecule has 1 saturated heterocycles.